The van der Waals surface area contributed by atoms with Crippen molar-refractivity contribution in [3.05, 3.63) is 0 Å². The van der Waals surface area contributed by atoms with Crippen molar-refractivity contribution >= 4 is 10.0 Å². The van der Waals surface area contributed by atoms with Gasteiger partial charge in [0, 0.05) is 13.1 Å². The van der Waals surface area contributed by atoms with E-state index in [2.05, 4.69) is 4.74 Å². The second kappa shape index (κ2) is 9.08. The molecule has 22 heavy (non-hydrogen) atoms. The molecule has 0 radical (unpaired) electrons. The van der Waals surface area contributed by atoms with Crippen LogP contribution in [0, 0.1) is 5.41 Å². The van der Waals surface area contributed by atoms with Crippen LogP contribution in [-0.2, 0) is 14.8 Å². The van der Waals surface area contributed by atoms with Gasteiger partial charge in [-0.25, -0.2) is 12.7 Å². The first kappa shape index (κ1) is 21.7. The maximum atomic E-state index is 12.2. The number of alkyl halides is 3. The fourth-order valence-corrected chi connectivity index (χ4v) is 3.03. The average molecular weight is 347 g/mol. The summed E-state index contributed by atoms with van der Waals surface area (Å²) in [5.41, 5.74) is -0.00717. The van der Waals surface area contributed by atoms with Gasteiger partial charge in [0.1, 0.15) is 6.61 Å². The van der Waals surface area contributed by atoms with Crippen LogP contribution in [0.1, 0.15) is 47.0 Å². The highest BCUT2D eigenvalue weighted by molar-refractivity contribution is 7.89. The molecule has 0 aromatic carbocycles. The van der Waals surface area contributed by atoms with Crippen LogP contribution in [0.5, 0.6) is 0 Å². The van der Waals surface area contributed by atoms with Crippen molar-refractivity contribution in [1.82, 2.24) is 4.31 Å². The molecule has 0 fully saturated rings. The molecule has 0 saturated carbocycles. The van der Waals surface area contributed by atoms with Gasteiger partial charge in [-0.2, -0.15) is 13.2 Å². The third kappa shape index (κ3) is 11.3. The summed E-state index contributed by atoms with van der Waals surface area (Å²) in [5.74, 6) is -0.420. The Balaban J connectivity index is 4.52. The van der Waals surface area contributed by atoms with Gasteiger partial charge in [0.05, 0.1) is 12.4 Å². The minimum absolute atomic E-state index is 0.00717. The van der Waals surface area contributed by atoms with Crippen LogP contribution in [0.25, 0.3) is 0 Å². The molecule has 0 bridgehead atoms. The lowest BCUT2D eigenvalue weighted by atomic mass is 9.92. The minimum atomic E-state index is -4.43. The van der Waals surface area contributed by atoms with E-state index in [-0.39, 0.29) is 5.41 Å². The smallest absolute Gasteiger partial charge is 0.371 e. The Morgan fingerprint density at radius 2 is 1.68 bits per heavy atom. The Hall–Kier alpha value is -0.340. The highest BCUT2D eigenvalue weighted by Gasteiger charge is 2.28. The third-order valence-electron chi connectivity index (χ3n) is 3.02. The first-order valence-electron chi connectivity index (χ1n) is 7.50. The van der Waals surface area contributed by atoms with Crippen molar-refractivity contribution < 1.29 is 26.3 Å². The van der Waals surface area contributed by atoms with Gasteiger partial charge >= 0.3 is 6.18 Å². The van der Waals surface area contributed by atoms with Crippen molar-refractivity contribution in [3.63, 3.8) is 0 Å². The van der Waals surface area contributed by atoms with Gasteiger partial charge in [0.25, 0.3) is 0 Å². The molecule has 0 heterocycles. The summed E-state index contributed by atoms with van der Waals surface area (Å²) in [6.45, 7) is 6.93. The van der Waals surface area contributed by atoms with Crippen molar-refractivity contribution in [3.8, 4) is 0 Å². The van der Waals surface area contributed by atoms with Crippen LogP contribution in [-0.4, -0.2) is 51.0 Å². The lowest BCUT2D eigenvalue weighted by Crippen LogP contribution is -2.37. The van der Waals surface area contributed by atoms with E-state index >= 15 is 0 Å². The zero-order valence-corrected chi connectivity index (χ0v) is 14.7. The maximum Gasteiger partial charge on any atom is 0.411 e. The van der Waals surface area contributed by atoms with Crippen LogP contribution >= 0.6 is 0 Å². The summed E-state index contributed by atoms with van der Waals surface area (Å²) in [6.07, 6.45) is -2.16. The van der Waals surface area contributed by atoms with E-state index in [9.17, 15) is 21.6 Å². The van der Waals surface area contributed by atoms with Crippen LogP contribution in [0.15, 0.2) is 0 Å². The van der Waals surface area contributed by atoms with Crippen LogP contribution < -0.4 is 0 Å². The molecule has 134 valence electrons. The number of halogens is 3. The summed E-state index contributed by atoms with van der Waals surface area (Å²) in [5, 5.41) is 0. The highest BCUT2D eigenvalue weighted by Crippen LogP contribution is 2.20. The average Bonchev–Trinajstić information content (AvgIpc) is 2.32. The van der Waals surface area contributed by atoms with Crippen molar-refractivity contribution in [2.45, 2.75) is 53.1 Å². The number of hydrogen-bond acceptors (Lipinski definition) is 3. The summed E-state index contributed by atoms with van der Waals surface area (Å²) >= 11 is 0. The van der Waals surface area contributed by atoms with Gasteiger partial charge in [0.2, 0.25) is 10.0 Å². The maximum absolute atomic E-state index is 12.2. The molecule has 0 spiro atoms. The van der Waals surface area contributed by atoms with E-state index in [4.69, 9.17) is 0 Å². The molecule has 0 aliphatic carbocycles. The van der Waals surface area contributed by atoms with Gasteiger partial charge in [0.15, 0.2) is 0 Å². The molecule has 4 nitrogen and oxygen atoms in total. The summed E-state index contributed by atoms with van der Waals surface area (Å²) < 4.78 is 66.2. The molecule has 0 aliphatic heterocycles. The van der Waals surface area contributed by atoms with Crippen LogP contribution in [0.3, 0.4) is 0 Å². The Morgan fingerprint density at radius 3 is 2.14 bits per heavy atom. The third-order valence-corrected chi connectivity index (χ3v) is 4.85. The topological polar surface area (TPSA) is 46.6 Å². The summed E-state index contributed by atoms with van der Waals surface area (Å²) in [4.78, 5) is 0. The number of hydrogen-bond donors (Lipinski definition) is 0. The second-order valence-corrected chi connectivity index (χ2v) is 8.64. The zero-order chi connectivity index (χ0) is 17.4. The lowest BCUT2D eigenvalue weighted by Gasteiger charge is -2.26. The molecule has 0 unspecified atom stereocenters. The predicted molar refractivity (Wildman–Crippen MR) is 81.2 cm³/mol. The van der Waals surface area contributed by atoms with E-state index in [1.165, 1.54) is 4.31 Å². The molecule has 0 amide bonds. The molecule has 0 aliphatic rings. The SMILES string of the molecule is CCCCN(CCC(C)(C)C)S(=O)(=O)CCOCC(F)(F)F. The normalized spacial score (nSPS) is 13.8. The van der Waals surface area contributed by atoms with Crippen LogP contribution in [0.4, 0.5) is 13.2 Å². The van der Waals surface area contributed by atoms with E-state index in [0.717, 1.165) is 12.8 Å². The monoisotopic (exact) mass is 347 g/mol. The van der Waals surface area contributed by atoms with Gasteiger partial charge in [-0.05, 0) is 18.3 Å². The van der Waals surface area contributed by atoms with Gasteiger partial charge in [-0.15, -0.1) is 0 Å². The fraction of sp³-hybridized carbons (Fsp3) is 1.00. The number of ether oxygens (including phenoxy) is 1. The van der Waals surface area contributed by atoms with Crippen molar-refractivity contribution in [2.75, 3.05) is 32.1 Å². The van der Waals surface area contributed by atoms with E-state index < -0.39 is 35.2 Å². The molecule has 0 atom stereocenters. The lowest BCUT2D eigenvalue weighted by molar-refractivity contribution is -0.172. The number of nitrogens with zero attached hydrogens (tertiary/aromatic N) is 1. The standard InChI is InChI=1S/C14H28F3NO3S/c1-5-6-8-18(9-7-13(2,3)4)22(19,20)11-10-21-12-14(15,16)17/h5-12H2,1-4H3. The quantitative estimate of drug-likeness (QED) is 0.569. The van der Waals surface area contributed by atoms with Crippen molar-refractivity contribution in [2.24, 2.45) is 5.41 Å². The van der Waals surface area contributed by atoms with Crippen molar-refractivity contribution in [1.29, 1.82) is 0 Å². The number of sulfonamides is 1. The first-order chi connectivity index (χ1) is 9.87. The molecule has 0 aromatic heterocycles. The number of rotatable bonds is 10. The van der Waals surface area contributed by atoms with Gasteiger partial charge in [-0.1, -0.05) is 34.1 Å². The van der Waals surface area contributed by atoms with Gasteiger partial charge in [-0.3, -0.25) is 0 Å². The predicted octanol–water partition coefficient (Wildman–Crippen LogP) is 3.43. The van der Waals surface area contributed by atoms with E-state index in [0.29, 0.717) is 19.5 Å². The van der Waals surface area contributed by atoms with Gasteiger partial charge < -0.3 is 4.74 Å². The minimum Gasteiger partial charge on any atom is -0.371 e. The van der Waals surface area contributed by atoms with Crippen LogP contribution in [0.2, 0.25) is 0 Å². The number of unbranched alkanes of at least 4 members (excludes halogenated alkanes) is 1. The Labute approximate surface area is 132 Å². The molecular weight excluding hydrogens is 319 g/mol. The first-order valence-corrected chi connectivity index (χ1v) is 9.10. The highest BCUT2D eigenvalue weighted by atomic mass is 32.2. The second-order valence-electron chi connectivity index (χ2n) is 6.55. The molecule has 8 heteroatoms. The Kier molecular flexibility index (Phi) is 8.94. The van der Waals surface area contributed by atoms with E-state index in [1.807, 2.05) is 27.7 Å². The molecule has 0 saturated heterocycles. The zero-order valence-electron chi connectivity index (χ0n) is 13.9. The molecule has 0 aromatic rings. The largest absolute Gasteiger partial charge is 0.411 e. The molecule has 0 N–H and O–H groups in total. The van der Waals surface area contributed by atoms with E-state index in [1.54, 1.807) is 0 Å². The Morgan fingerprint density at radius 1 is 1.09 bits per heavy atom. The summed E-state index contributed by atoms with van der Waals surface area (Å²) in [6, 6.07) is 0. The summed E-state index contributed by atoms with van der Waals surface area (Å²) in [7, 11) is -3.59. The molecule has 0 rings (SSSR count). The fourth-order valence-electron chi connectivity index (χ4n) is 1.67. The molecular formula is C14H28F3NO3S. The Bertz CT molecular complexity index is 403.